The van der Waals surface area contributed by atoms with E-state index in [1.54, 1.807) is 0 Å². The second kappa shape index (κ2) is 7.94. The van der Waals surface area contributed by atoms with Crippen LogP contribution >= 0.6 is 0 Å². The summed E-state index contributed by atoms with van der Waals surface area (Å²) in [5.41, 5.74) is 0.723. The molecule has 1 saturated heterocycles. The van der Waals surface area contributed by atoms with E-state index >= 15 is 0 Å². The number of nitrogens with one attached hydrogen (secondary N) is 2. The van der Waals surface area contributed by atoms with Gasteiger partial charge in [-0.25, -0.2) is 0 Å². The van der Waals surface area contributed by atoms with Crippen LogP contribution in [0, 0.1) is 0 Å². The molecule has 2 aliphatic heterocycles. The highest BCUT2D eigenvalue weighted by Crippen LogP contribution is 2.33. The average Bonchev–Trinajstić information content (AvgIpc) is 3.15. The molecule has 0 saturated carbocycles. The van der Waals surface area contributed by atoms with Crippen molar-refractivity contribution in [3.8, 4) is 11.5 Å². The van der Waals surface area contributed by atoms with Gasteiger partial charge in [0.05, 0.1) is 12.1 Å². The molecule has 2 aromatic rings. The van der Waals surface area contributed by atoms with E-state index in [0.717, 1.165) is 53.5 Å². The maximum absolute atomic E-state index is 12.7. The van der Waals surface area contributed by atoms with Crippen LogP contribution in [0.2, 0.25) is 0 Å². The molecule has 4 rings (SSSR count). The minimum atomic E-state index is -4.39. The number of ether oxygens (including phenoxy) is 2. The third-order valence-corrected chi connectivity index (χ3v) is 5.34. The first-order valence-electron chi connectivity index (χ1n) is 9.61. The van der Waals surface area contributed by atoms with Gasteiger partial charge in [-0.2, -0.15) is 13.2 Å². The molecule has 0 radical (unpaired) electrons. The van der Waals surface area contributed by atoms with E-state index in [0.29, 0.717) is 18.9 Å². The van der Waals surface area contributed by atoms with E-state index < -0.39 is 11.7 Å². The fourth-order valence-electron chi connectivity index (χ4n) is 3.96. The highest BCUT2D eigenvalue weighted by Gasteiger charge is 2.33. The van der Waals surface area contributed by atoms with Crippen molar-refractivity contribution in [3.63, 3.8) is 0 Å². The molecule has 0 aliphatic carbocycles. The topological polar surface area (TPSA) is 52.0 Å². The number of halogens is 3. The van der Waals surface area contributed by atoms with Gasteiger partial charge in [-0.15, -0.1) is 0 Å². The number of quaternary nitrogens is 1. The van der Waals surface area contributed by atoms with Crippen molar-refractivity contribution in [2.45, 2.75) is 25.1 Å². The normalized spacial score (nSPS) is 21.1. The van der Waals surface area contributed by atoms with Crippen LogP contribution in [-0.2, 0) is 11.0 Å². The molecule has 0 bridgehead atoms. The number of rotatable bonds is 4. The Morgan fingerprint density at radius 1 is 1.07 bits per heavy atom. The molecule has 0 aromatic heterocycles. The van der Waals surface area contributed by atoms with Crippen molar-refractivity contribution in [1.82, 2.24) is 0 Å². The van der Waals surface area contributed by atoms with Crippen molar-refractivity contribution in [2.24, 2.45) is 0 Å². The molecule has 2 aliphatic rings. The zero-order valence-electron chi connectivity index (χ0n) is 15.7. The van der Waals surface area contributed by atoms with E-state index in [1.807, 2.05) is 18.2 Å². The van der Waals surface area contributed by atoms with Gasteiger partial charge in [-0.05, 0) is 42.5 Å². The maximum Gasteiger partial charge on any atom is 0.416 e. The molecule has 5 nitrogen and oxygen atoms in total. The van der Waals surface area contributed by atoms with Crippen LogP contribution in [0.25, 0.3) is 0 Å². The first-order chi connectivity index (χ1) is 13.9. The van der Waals surface area contributed by atoms with Crippen LogP contribution in [0.3, 0.4) is 0 Å². The van der Waals surface area contributed by atoms with E-state index in [2.05, 4.69) is 5.32 Å². The highest BCUT2D eigenvalue weighted by atomic mass is 19.4. The number of alkyl halides is 3. The Morgan fingerprint density at radius 2 is 1.79 bits per heavy atom. The lowest BCUT2D eigenvalue weighted by Crippen LogP contribution is -3.11. The smallest absolute Gasteiger partial charge is 0.416 e. The van der Waals surface area contributed by atoms with Crippen LogP contribution < -0.4 is 19.7 Å². The molecule has 2 N–H and O–H groups in total. The van der Waals surface area contributed by atoms with Crippen LogP contribution in [0.4, 0.5) is 18.9 Å². The Kier molecular flexibility index (Phi) is 5.36. The summed E-state index contributed by atoms with van der Waals surface area (Å²) >= 11 is 0. The van der Waals surface area contributed by atoms with Gasteiger partial charge in [0.25, 0.3) is 5.91 Å². The van der Waals surface area contributed by atoms with Gasteiger partial charge < -0.3 is 19.7 Å². The predicted molar refractivity (Wildman–Crippen MR) is 100 cm³/mol. The SMILES string of the molecule is O=C(C[NH+]1CCC[C@H]1c1ccc2c(c1)OCCO2)Nc1ccc(C(F)(F)F)cc1. The number of likely N-dealkylation sites (tertiary alicyclic amines) is 1. The van der Waals surface area contributed by atoms with Crippen molar-refractivity contribution < 1.29 is 32.3 Å². The number of amides is 1. The summed E-state index contributed by atoms with van der Waals surface area (Å²) < 4.78 is 49.2. The summed E-state index contributed by atoms with van der Waals surface area (Å²) in [6.45, 7) is 2.17. The minimum absolute atomic E-state index is 0.171. The van der Waals surface area contributed by atoms with Gasteiger partial charge >= 0.3 is 6.18 Å². The highest BCUT2D eigenvalue weighted by molar-refractivity contribution is 5.91. The van der Waals surface area contributed by atoms with E-state index in [1.165, 1.54) is 12.1 Å². The number of hydrogen-bond acceptors (Lipinski definition) is 3. The fourth-order valence-corrected chi connectivity index (χ4v) is 3.96. The molecule has 1 amide bonds. The summed E-state index contributed by atoms with van der Waals surface area (Å²) in [6.07, 6.45) is -2.43. The monoisotopic (exact) mass is 407 g/mol. The molecular weight excluding hydrogens is 385 g/mol. The Morgan fingerprint density at radius 3 is 2.52 bits per heavy atom. The molecule has 1 fully saturated rings. The molecule has 0 spiro atoms. The maximum atomic E-state index is 12.7. The molecule has 8 heteroatoms. The molecule has 2 atom stereocenters. The molecule has 1 unspecified atom stereocenters. The standard InChI is InChI=1S/C21H21F3N2O3/c22-21(23,24)15-4-6-16(7-5-15)25-20(27)13-26-9-1-2-17(26)14-3-8-18-19(12-14)29-11-10-28-18/h3-8,12,17H,1-2,9-11,13H2,(H,25,27)/p+1/t17-/m0/s1. The quantitative estimate of drug-likeness (QED) is 0.820. The van der Waals surface area contributed by atoms with Gasteiger partial charge in [-0.3, -0.25) is 4.79 Å². The van der Waals surface area contributed by atoms with Gasteiger partial charge in [0.1, 0.15) is 19.3 Å². The summed E-state index contributed by atoms with van der Waals surface area (Å²) in [5, 5.41) is 2.70. The van der Waals surface area contributed by atoms with Crippen molar-refractivity contribution in [2.75, 3.05) is 31.6 Å². The van der Waals surface area contributed by atoms with Crippen LogP contribution in [0.1, 0.15) is 30.0 Å². The Labute approximate surface area is 166 Å². The third kappa shape index (κ3) is 4.48. The van der Waals surface area contributed by atoms with Gasteiger partial charge in [0.2, 0.25) is 0 Å². The van der Waals surface area contributed by atoms with Gasteiger partial charge in [0.15, 0.2) is 18.0 Å². The molecule has 154 valence electrons. The van der Waals surface area contributed by atoms with Crippen molar-refractivity contribution >= 4 is 11.6 Å². The van der Waals surface area contributed by atoms with E-state index in [9.17, 15) is 18.0 Å². The Balaban J connectivity index is 1.40. The zero-order chi connectivity index (χ0) is 20.4. The zero-order valence-corrected chi connectivity index (χ0v) is 15.7. The number of fused-ring (bicyclic) bond motifs is 1. The first kappa shape index (κ1) is 19.6. The number of hydrogen-bond donors (Lipinski definition) is 2. The summed E-state index contributed by atoms with van der Waals surface area (Å²) in [5.74, 6) is 1.25. The van der Waals surface area contributed by atoms with Crippen molar-refractivity contribution in [1.29, 1.82) is 0 Å². The molecular formula is C21H22F3N2O3+. The second-order valence-corrected chi connectivity index (χ2v) is 7.31. The van der Waals surface area contributed by atoms with Crippen LogP contribution in [-0.4, -0.2) is 32.2 Å². The molecule has 29 heavy (non-hydrogen) atoms. The lowest BCUT2D eigenvalue weighted by Gasteiger charge is -2.24. The van der Waals surface area contributed by atoms with E-state index in [-0.39, 0.29) is 18.5 Å². The average molecular weight is 407 g/mol. The first-order valence-corrected chi connectivity index (χ1v) is 9.61. The number of anilines is 1. The number of carbonyl (C=O) groups is 1. The summed E-state index contributed by atoms with van der Waals surface area (Å²) in [7, 11) is 0. The lowest BCUT2D eigenvalue weighted by molar-refractivity contribution is -0.910. The fraction of sp³-hybridized carbons (Fsp3) is 0.381. The lowest BCUT2D eigenvalue weighted by atomic mass is 10.0. The van der Waals surface area contributed by atoms with Crippen molar-refractivity contribution in [3.05, 3.63) is 53.6 Å². The van der Waals surface area contributed by atoms with Gasteiger partial charge in [-0.1, -0.05) is 0 Å². The second-order valence-electron chi connectivity index (χ2n) is 7.31. The summed E-state index contributed by atoms with van der Waals surface area (Å²) in [6, 6.07) is 10.6. The number of carbonyl (C=O) groups excluding carboxylic acids is 1. The predicted octanol–water partition coefficient (Wildman–Crippen LogP) is 2.84. The van der Waals surface area contributed by atoms with Crippen LogP contribution in [0.5, 0.6) is 11.5 Å². The summed E-state index contributed by atoms with van der Waals surface area (Å²) in [4.78, 5) is 13.6. The molecule has 2 aromatic carbocycles. The Hall–Kier alpha value is -2.74. The van der Waals surface area contributed by atoms with Gasteiger partial charge in [0, 0.05) is 24.1 Å². The molecule has 2 heterocycles. The van der Waals surface area contributed by atoms with Crippen LogP contribution in [0.15, 0.2) is 42.5 Å². The van der Waals surface area contributed by atoms with E-state index in [4.69, 9.17) is 9.47 Å². The Bertz CT molecular complexity index is 884. The third-order valence-electron chi connectivity index (χ3n) is 5.34. The number of benzene rings is 2. The largest absolute Gasteiger partial charge is 0.486 e. The minimum Gasteiger partial charge on any atom is -0.486 e.